The third-order valence-corrected chi connectivity index (χ3v) is 4.09. The van der Waals surface area contributed by atoms with Crippen LogP contribution in [0.1, 0.15) is 17.7 Å². The summed E-state index contributed by atoms with van der Waals surface area (Å²) in [5.74, 6) is 1.00. The molecule has 0 radical (unpaired) electrons. The molecule has 1 aliphatic rings. The van der Waals surface area contributed by atoms with Gasteiger partial charge in [0.1, 0.15) is 5.76 Å². The minimum Gasteiger partial charge on any atom is -0.453 e. The van der Waals surface area contributed by atoms with E-state index in [0.717, 1.165) is 18.7 Å². The van der Waals surface area contributed by atoms with E-state index in [1.807, 2.05) is 35.2 Å². The molecule has 4 nitrogen and oxygen atoms in total. The zero-order chi connectivity index (χ0) is 14.7. The van der Waals surface area contributed by atoms with E-state index in [0.29, 0.717) is 17.8 Å². The highest BCUT2D eigenvalue weighted by atomic mass is 79.9. The van der Waals surface area contributed by atoms with Gasteiger partial charge in [0.25, 0.3) is 0 Å². The Labute approximate surface area is 132 Å². The second-order valence-corrected chi connectivity index (χ2v) is 5.95. The van der Waals surface area contributed by atoms with Crippen LogP contribution >= 0.6 is 15.9 Å². The largest absolute Gasteiger partial charge is 0.453 e. The predicted octanol–water partition coefficient (Wildman–Crippen LogP) is 2.93. The number of nitrogens with zero attached hydrogens (tertiary/aromatic N) is 1. The van der Waals surface area contributed by atoms with E-state index in [2.05, 4.69) is 33.4 Å². The fourth-order valence-electron chi connectivity index (χ4n) is 2.56. The van der Waals surface area contributed by atoms with Gasteiger partial charge in [-0.1, -0.05) is 30.3 Å². The van der Waals surface area contributed by atoms with E-state index in [9.17, 15) is 4.79 Å². The lowest BCUT2D eigenvalue weighted by Gasteiger charge is -2.17. The Balaban J connectivity index is 1.54. The minimum absolute atomic E-state index is 0.113. The summed E-state index contributed by atoms with van der Waals surface area (Å²) in [5, 5.41) is 3.27. The number of hydrogen-bond donors (Lipinski definition) is 1. The van der Waals surface area contributed by atoms with Gasteiger partial charge in [-0.15, -0.1) is 0 Å². The number of benzene rings is 1. The smallest absolute Gasteiger partial charge is 0.240 e. The van der Waals surface area contributed by atoms with Crippen molar-refractivity contribution in [3.63, 3.8) is 0 Å². The Morgan fingerprint density at radius 2 is 2.05 bits per heavy atom. The molecule has 1 aromatic carbocycles. The number of rotatable bonds is 5. The Kier molecular flexibility index (Phi) is 4.41. The molecule has 1 saturated heterocycles. The maximum absolute atomic E-state index is 12.4. The first-order chi connectivity index (χ1) is 10.2. The molecule has 1 amide bonds. The molecule has 110 valence electrons. The van der Waals surface area contributed by atoms with Crippen LogP contribution in [0.3, 0.4) is 0 Å². The first-order valence-corrected chi connectivity index (χ1v) is 7.82. The third-order valence-electron chi connectivity index (χ3n) is 3.67. The predicted molar refractivity (Wildman–Crippen MR) is 83.5 cm³/mol. The monoisotopic (exact) mass is 348 g/mol. The molecule has 1 aliphatic heterocycles. The molecule has 21 heavy (non-hydrogen) atoms. The first kappa shape index (κ1) is 14.4. The molecular weight excluding hydrogens is 332 g/mol. The summed E-state index contributed by atoms with van der Waals surface area (Å²) < 4.78 is 6.14. The van der Waals surface area contributed by atoms with Crippen LogP contribution in [0.4, 0.5) is 0 Å². The van der Waals surface area contributed by atoms with E-state index in [1.165, 1.54) is 5.56 Å². The summed E-state index contributed by atoms with van der Waals surface area (Å²) in [7, 11) is 0. The summed E-state index contributed by atoms with van der Waals surface area (Å²) in [6.45, 7) is 2.05. The van der Waals surface area contributed by atoms with Gasteiger partial charge in [0.15, 0.2) is 4.67 Å². The van der Waals surface area contributed by atoms with Crippen LogP contribution in [-0.2, 0) is 17.9 Å². The van der Waals surface area contributed by atoms with Gasteiger partial charge in [0.05, 0.1) is 12.6 Å². The number of carbonyl (C=O) groups is 1. The summed E-state index contributed by atoms with van der Waals surface area (Å²) in [4.78, 5) is 14.3. The highest BCUT2D eigenvalue weighted by Crippen LogP contribution is 2.17. The van der Waals surface area contributed by atoms with Crippen LogP contribution < -0.4 is 5.32 Å². The number of carbonyl (C=O) groups excluding carboxylic acids is 1. The molecule has 2 heterocycles. The zero-order valence-electron chi connectivity index (χ0n) is 11.6. The molecule has 1 N–H and O–H groups in total. The lowest BCUT2D eigenvalue weighted by atomic mass is 10.2. The Morgan fingerprint density at radius 3 is 2.76 bits per heavy atom. The van der Waals surface area contributed by atoms with Gasteiger partial charge in [-0.3, -0.25) is 10.1 Å². The SMILES string of the molecule is O=C1[C@@H](NCc2ccc(Br)o2)CCN1Cc1ccccc1. The second-order valence-electron chi connectivity index (χ2n) is 5.17. The molecule has 1 fully saturated rings. The van der Waals surface area contributed by atoms with Crippen molar-refractivity contribution < 1.29 is 9.21 Å². The first-order valence-electron chi connectivity index (χ1n) is 7.03. The molecule has 0 spiro atoms. The van der Waals surface area contributed by atoms with Crippen molar-refractivity contribution in [1.82, 2.24) is 10.2 Å². The van der Waals surface area contributed by atoms with Crippen molar-refractivity contribution >= 4 is 21.8 Å². The number of amides is 1. The Morgan fingerprint density at radius 1 is 1.24 bits per heavy atom. The fourth-order valence-corrected chi connectivity index (χ4v) is 2.90. The highest BCUT2D eigenvalue weighted by molar-refractivity contribution is 9.10. The van der Waals surface area contributed by atoms with E-state index < -0.39 is 0 Å². The van der Waals surface area contributed by atoms with Gasteiger partial charge < -0.3 is 9.32 Å². The van der Waals surface area contributed by atoms with Crippen molar-refractivity contribution in [2.24, 2.45) is 0 Å². The van der Waals surface area contributed by atoms with Gasteiger partial charge in [-0.05, 0) is 40.0 Å². The van der Waals surface area contributed by atoms with Gasteiger partial charge in [0.2, 0.25) is 5.91 Å². The van der Waals surface area contributed by atoms with Crippen LogP contribution in [0.15, 0.2) is 51.6 Å². The average Bonchev–Trinajstić information content (AvgIpc) is 3.06. The lowest BCUT2D eigenvalue weighted by molar-refractivity contribution is -0.129. The van der Waals surface area contributed by atoms with Crippen molar-refractivity contribution in [3.8, 4) is 0 Å². The van der Waals surface area contributed by atoms with E-state index in [-0.39, 0.29) is 11.9 Å². The second kappa shape index (κ2) is 6.45. The summed E-state index contributed by atoms with van der Waals surface area (Å²) in [6.07, 6.45) is 0.841. The standard InChI is InChI=1S/C16H17BrN2O2/c17-15-7-6-13(21-15)10-18-14-8-9-19(16(14)20)11-12-4-2-1-3-5-12/h1-7,14,18H,8-11H2/t14-/m0/s1. The fraction of sp³-hybridized carbons (Fsp3) is 0.312. The number of furan rings is 1. The molecule has 1 aromatic heterocycles. The van der Waals surface area contributed by atoms with Crippen LogP contribution in [0.25, 0.3) is 0 Å². The molecule has 1 atom stereocenters. The quantitative estimate of drug-likeness (QED) is 0.903. The number of nitrogens with one attached hydrogen (secondary N) is 1. The molecular formula is C16H17BrN2O2. The van der Waals surface area contributed by atoms with Crippen LogP contribution in [0, 0.1) is 0 Å². The maximum atomic E-state index is 12.4. The van der Waals surface area contributed by atoms with Crippen molar-refractivity contribution in [1.29, 1.82) is 0 Å². The summed E-state index contributed by atoms with van der Waals surface area (Å²) in [6, 6.07) is 13.7. The van der Waals surface area contributed by atoms with Gasteiger partial charge in [0, 0.05) is 13.1 Å². The molecule has 2 aromatic rings. The van der Waals surface area contributed by atoms with Gasteiger partial charge in [-0.2, -0.15) is 0 Å². The van der Waals surface area contributed by atoms with Gasteiger partial charge >= 0.3 is 0 Å². The van der Waals surface area contributed by atoms with Crippen LogP contribution in [-0.4, -0.2) is 23.4 Å². The van der Waals surface area contributed by atoms with E-state index >= 15 is 0 Å². The van der Waals surface area contributed by atoms with Crippen molar-refractivity contribution in [2.45, 2.75) is 25.6 Å². The molecule has 0 bridgehead atoms. The highest BCUT2D eigenvalue weighted by Gasteiger charge is 2.31. The molecule has 3 rings (SSSR count). The molecule has 0 saturated carbocycles. The molecule has 0 unspecified atom stereocenters. The lowest BCUT2D eigenvalue weighted by Crippen LogP contribution is -2.37. The Bertz CT molecular complexity index is 612. The van der Waals surface area contributed by atoms with Gasteiger partial charge in [-0.25, -0.2) is 0 Å². The van der Waals surface area contributed by atoms with Crippen LogP contribution in [0.2, 0.25) is 0 Å². The normalized spacial score (nSPS) is 18.4. The maximum Gasteiger partial charge on any atom is 0.240 e. The molecule has 5 heteroatoms. The summed E-state index contributed by atoms with van der Waals surface area (Å²) >= 11 is 3.27. The number of likely N-dealkylation sites (tertiary alicyclic amines) is 1. The van der Waals surface area contributed by atoms with E-state index in [4.69, 9.17) is 4.42 Å². The van der Waals surface area contributed by atoms with Crippen molar-refractivity contribution in [3.05, 3.63) is 58.5 Å². The zero-order valence-corrected chi connectivity index (χ0v) is 13.2. The number of halogens is 1. The van der Waals surface area contributed by atoms with Crippen molar-refractivity contribution in [2.75, 3.05) is 6.54 Å². The average molecular weight is 349 g/mol. The minimum atomic E-state index is -0.113. The third kappa shape index (κ3) is 3.54. The van der Waals surface area contributed by atoms with Crippen LogP contribution in [0.5, 0.6) is 0 Å². The van der Waals surface area contributed by atoms with E-state index in [1.54, 1.807) is 0 Å². The summed E-state index contributed by atoms with van der Waals surface area (Å²) in [5.41, 5.74) is 1.17. The Hall–Kier alpha value is -1.59. The topological polar surface area (TPSA) is 45.5 Å². The molecule has 0 aliphatic carbocycles. The number of hydrogen-bond acceptors (Lipinski definition) is 3.